The summed E-state index contributed by atoms with van der Waals surface area (Å²) < 4.78 is 5.31. The van der Waals surface area contributed by atoms with E-state index in [1.807, 2.05) is 36.4 Å². The van der Waals surface area contributed by atoms with Crippen molar-refractivity contribution >= 4 is 39.4 Å². The minimum atomic E-state index is -0.610. The number of fused-ring (bicyclic) bond motifs is 1. The first-order valence-corrected chi connectivity index (χ1v) is 11.9. The summed E-state index contributed by atoms with van der Waals surface area (Å²) >= 11 is 3.27. The topological polar surface area (TPSA) is 61.9 Å². The fourth-order valence-electron chi connectivity index (χ4n) is 4.02. The Bertz CT molecular complexity index is 884. The largest absolute Gasteiger partial charge is 0.448 e. The van der Waals surface area contributed by atoms with Crippen LogP contribution in [-0.4, -0.2) is 48.1 Å². The first-order chi connectivity index (χ1) is 15.1. The number of ether oxygens (including phenoxy) is 1. The van der Waals surface area contributed by atoms with Gasteiger partial charge < -0.3 is 15.0 Å². The standard InChI is InChI=1S/C24H30BrN3O3/c1-3-27(4-2)21-13-10-20(11-14-21)26-23(29)28(24(30)31-16-15-25)22-12-9-18-7-5-6-8-19(18)17-22/h5-8,10-11,13-14,22H,3-4,9,12,15-17H2,1-2H3,(H,26,29). The van der Waals surface area contributed by atoms with Gasteiger partial charge in [-0.1, -0.05) is 40.2 Å². The van der Waals surface area contributed by atoms with Gasteiger partial charge in [0.2, 0.25) is 0 Å². The average molecular weight is 488 g/mol. The Balaban J connectivity index is 1.76. The molecule has 0 bridgehead atoms. The molecule has 2 aromatic rings. The number of imide groups is 1. The zero-order valence-corrected chi connectivity index (χ0v) is 19.7. The van der Waals surface area contributed by atoms with E-state index in [1.54, 1.807) is 0 Å². The van der Waals surface area contributed by atoms with Crippen molar-refractivity contribution < 1.29 is 14.3 Å². The number of nitrogens with zero attached hydrogens (tertiary/aromatic N) is 2. The number of rotatable bonds is 7. The minimum absolute atomic E-state index is 0.213. The molecule has 0 radical (unpaired) electrons. The van der Waals surface area contributed by atoms with E-state index in [0.29, 0.717) is 17.4 Å². The van der Waals surface area contributed by atoms with Gasteiger partial charge in [-0.2, -0.15) is 0 Å². The molecule has 0 fully saturated rings. The van der Waals surface area contributed by atoms with Gasteiger partial charge in [-0.15, -0.1) is 0 Å². The highest BCUT2D eigenvalue weighted by molar-refractivity contribution is 9.09. The number of alkyl halides is 1. The van der Waals surface area contributed by atoms with Crippen molar-refractivity contribution in [3.05, 3.63) is 59.7 Å². The number of halogens is 1. The molecule has 2 aromatic carbocycles. The molecule has 1 N–H and O–H groups in total. The van der Waals surface area contributed by atoms with Crippen LogP contribution >= 0.6 is 15.9 Å². The van der Waals surface area contributed by atoms with Crippen molar-refractivity contribution in [2.75, 3.05) is 35.2 Å². The predicted molar refractivity (Wildman–Crippen MR) is 128 cm³/mol. The summed E-state index contributed by atoms with van der Waals surface area (Å²) in [7, 11) is 0. The van der Waals surface area contributed by atoms with Gasteiger partial charge in [0.05, 0.1) is 0 Å². The molecular weight excluding hydrogens is 458 g/mol. The molecule has 7 heteroatoms. The summed E-state index contributed by atoms with van der Waals surface area (Å²) in [5.74, 6) is 0. The Morgan fingerprint density at radius 1 is 1.06 bits per heavy atom. The molecular formula is C24H30BrN3O3. The summed E-state index contributed by atoms with van der Waals surface area (Å²) in [4.78, 5) is 29.4. The molecule has 6 nitrogen and oxygen atoms in total. The summed E-state index contributed by atoms with van der Waals surface area (Å²) in [6.45, 7) is 6.26. The number of hydrogen-bond acceptors (Lipinski definition) is 4. The first-order valence-electron chi connectivity index (χ1n) is 10.8. The number of carbonyl (C=O) groups is 2. The number of nitrogens with one attached hydrogen (secondary N) is 1. The maximum atomic E-state index is 13.2. The third kappa shape index (κ3) is 5.79. The lowest BCUT2D eigenvalue weighted by molar-refractivity contribution is 0.102. The van der Waals surface area contributed by atoms with Crippen molar-refractivity contribution in [1.29, 1.82) is 0 Å². The monoisotopic (exact) mass is 487 g/mol. The normalized spacial score (nSPS) is 15.0. The lowest BCUT2D eigenvalue weighted by Crippen LogP contribution is -2.49. The van der Waals surface area contributed by atoms with Gasteiger partial charge in [-0.3, -0.25) is 0 Å². The third-order valence-corrected chi connectivity index (χ3v) is 5.98. The van der Waals surface area contributed by atoms with Gasteiger partial charge in [-0.25, -0.2) is 14.5 Å². The van der Waals surface area contributed by atoms with Crippen LogP contribution in [0.25, 0.3) is 0 Å². The molecule has 1 aliphatic rings. The number of hydrogen-bond donors (Lipinski definition) is 1. The number of amides is 3. The SMILES string of the molecule is CCN(CC)c1ccc(NC(=O)N(C(=O)OCCBr)C2CCc3ccccc3C2)cc1. The molecule has 166 valence electrons. The Hall–Kier alpha value is -2.54. The van der Waals surface area contributed by atoms with Crippen LogP contribution in [-0.2, 0) is 17.6 Å². The Morgan fingerprint density at radius 3 is 2.39 bits per heavy atom. The second-order valence-electron chi connectivity index (χ2n) is 7.49. The lowest BCUT2D eigenvalue weighted by Gasteiger charge is -2.33. The fraction of sp³-hybridized carbons (Fsp3) is 0.417. The summed E-state index contributed by atoms with van der Waals surface area (Å²) in [6.07, 6.45) is 1.57. The quantitative estimate of drug-likeness (QED) is 0.527. The lowest BCUT2D eigenvalue weighted by atomic mass is 9.88. The van der Waals surface area contributed by atoms with Crippen molar-refractivity contribution in [2.45, 2.75) is 39.2 Å². The number of carbonyl (C=O) groups excluding carboxylic acids is 2. The molecule has 1 aliphatic carbocycles. The van der Waals surface area contributed by atoms with Crippen molar-refractivity contribution in [2.24, 2.45) is 0 Å². The van der Waals surface area contributed by atoms with Gasteiger partial charge in [0.25, 0.3) is 0 Å². The zero-order valence-electron chi connectivity index (χ0n) is 18.1. The number of anilines is 2. The predicted octanol–water partition coefficient (Wildman–Crippen LogP) is 5.46. The summed E-state index contributed by atoms with van der Waals surface area (Å²) in [6, 6.07) is 15.2. The van der Waals surface area contributed by atoms with E-state index >= 15 is 0 Å². The van der Waals surface area contributed by atoms with Crippen LogP contribution in [0.2, 0.25) is 0 Å². The average Bonchev–Trinajstić information content (AvgIpc) is 2.79. The minimum Gasteiger partial charge on any atom is -0.448 e. The molecule has 0 aromatic heterocycles. The van der Waals surface area contributed by atoms with E-state index in [2.05, 4.69) is 52.1 Å². The Kier molecular flexibility index (Phi) is 8.35. The van der Waals surface area contributed by atoms with Crippen molar-refractivity contribution in [1.82, 2.24) is 4.90 Å². The zero-order chi connectivity index (χ0) is 22.2. The van der Waals surface area contributed by atoms with Crippen molar-refractivity contribution in [3.8, 4) is 0 Å². The Morgan fingerprint density at radius 2 is 1.74 bits per heavy atom. The van der Waals surface area contributed by atoms with Gasteiger partial charge in [0.1, 0.15) is 6.61 Å². The molecule has 0 aliphatic heterocycles. The van der Waals surface area contributed by atoms with Crippen LogP contribution in [0.15, 0.2) is 48.5 Å². The molecule has 3 amide bonds. The molecule has 31 heavy (non-hydrogen) atoms. The smallest absolute Gasteiger partial charge is 0.418 e. The van der Waals surface area contributed by atoms with E-state index in [0.717, 1.165) is 31.6 Å². The second-order valence-corrected chi connectivity index (χ2v) is 8.28. The maximum absolute atomic E-state index is 13.2. The second kappa shape index (κ2) is 11.2. The van der Waals surface area contributed by atoms with E-state index in [4.69, 9.17) is 4.74 Å². The third-order valence-electron chi connectivity index (χ3n) is 5.65. The molecule has 0 spiro atoms. The van der Waals surface area contributed by atoms with E-state index < -0.39 is 12.1 Å². The number of benzene rings is 2. The van der Waals surface area contributed by atoms with E-state index in [1.165, 1.54) is 16.0 Å². The van der Waals surface area contributed by atoms with E-state index in [-0.39, 0.29) is 12.6 Å². The van der Waals surface area contributed by atoms with Crippen LogP contribution < -0.4 is 10.2 Å². The number of aryl methyl sites for hydroxylation is 1. The first kappa shape index (κ1) is 23.1. The molecule has 1 atom stereocenters. The molecule has 3 rings (SSSR count). The highest BCUT2D eigenvalue weighted by Crippen LogP contribution is 2.26. The fourth-order valence-corrected chi connectivity index (χ4v) is 4.18. The molecule has 0 heterocycles. The maximum Gasteiger partial charge on any atom is 0.418 e. The van der Waals surface area contributed by atoms with Crippen LogP contribution in [0.5, 0.6) is 0 Å². The van der Waals surface area contributed by atoms with Gasteiger partial charge >= 0.3 is 12.1 Å². The van der Waals surface area contributed by atoms with Gasteiger partial charge in [-0.05, 0) is 68.5 Å². The van der Waals surface area contributed by atoms with Gasteiger partial charge in [0.15, 0.2) is 0 Å². The Labute approximate surface area is 192 Å². The molecule has 0 saturated carbocycles. The summed E-state index contributed by atoms with van der Waals surface area (Å²) in [5, 5.41) is 3.40. The van der Waals surface area contributed by atoms with Gasteiger partial charge in [0, 0.05) is 35.8 Å². The van der Waals surface area contributed by atoms with Crippen LogP contribution in [0, 0.1) is 0 Å². The summed E-state index contributed by atoms with van der Waals surface area (Å²) in [5.41, 5.74) is 4.20. The molecule has 0 saturated heterocycles. The van der Waals surface area contributed by atoms with Crippen molar-refractivity contribution in [3.63, 3.8) is 0 Å². The van der Waals surface area contributed by atoms with Crippen LogP contribution in [0.1, 0.15) is 31.4 Å². The van der Waals surface area contributed by atoms with Crippen LogP contribution in [0.3, 0.4) is 0 Å². The number of urea groups is 1. The molecule has 1 unspecified atom stereocenters. The highest BCUT2D eigenvalue weighted by atomic mass is 79.9. The van der Waals surface area contributed by atoms with E-state index in [9.17, 15) is 9.59 Å². The van der Waals surface area contributed by atoms with Crippen LogP contribution in [0.4, 0.5) is 21.0 Å². The highest BCUT2D eigenvalue weighted by Gasteiger charge is 2.33.